The molecule has 6 nitrogen and oxygen atoms in total. The Labute approximate surface area is 215 Å². The van der Waals surface area contributed by atoms with E-state index in [2.05, 4.69) is 13.8 Å². The molecule has 0 aromatic heterocycles. The molecule has 0 amide bonds. The molecule has 3 fully saturated rings. The largest absolute Gasteiger partial charge is 0.481 e. The summed E-state index contributed by atoms with van der Waals surface area (Å²) in [4.78, 5) is 25.7. The molecule has 3 aliphatic carbocycles. The summed E-state index contributed by atoms with van der Waals surface area (Å²) in [5.41, 5.74) is -0.392. The van der Waals surface area contributed by atoms with Gasteiger partial charge in [-0.25, -0.2) is 0 Å². The Morgan fingerprint density at radius 2 is 1.72 bits per heavy atom. The van der Waals surface area contributed by atoms with Gasteiger partial charge in [0.25, 0.3) is 0 Å². The molecular weight excluding hydrogens is 456 g/mol. The van der Waals surface area contributed by atoms with Gasteiger partial charge in [-0.3, -0.25) is 9.59 Å². The number of hydrogen-bond donors (Lipinski definition) is 4. The molecule has 0 aromatic rings. The van der Waals surface area contributed by atoms with E-state index in [1.165, 1.54) is 0 Å². The summed E-state index contributed by atoms with van der Waals surface area (Å²) in [6.45, 7) is 13.0. The average Bonchev–Trinajstić information content (AvgIpc) is 3.05. The second-order valence-electron chi connectivity index (χ2n) is 12.6. The van der Waals surface area contributed by atoms with E-state index in [0.717, 1.165) is 29.6 Å². The van der Waals surface area contributed by atoms with E-state index >= 15 is 0 Å². The second-order valence-corrected chi connectivity index (χ2v) is 12.6. The first-order chi connectivity index (χ1) is 16.5. The van der Waals surface area contributed by atoms with Crippen molar-refractivity contribution in [3.05, 3.63) is 47.1 Å². The molecule has 4 N–H and O–H groups in total. The predicted molar refractivity (Wildman–Crippen MR) is 140 cm³/mol. The minimum absolute atomic E-state index is 0.0457. The number of carboxylic acids is 1. The Kier molecular flexibility index (Phi) is 7.69. The van der Waals surface area contributed by atoms with Crippen LogP contribution in [0.3, 0.4) is 0 Å². The molecule has 0 aliphatic heterocycles. The molecule has 3 saturated carbocycles. The molecular formula is C30H44O6. The van der Waals surface area contributed by atoms with Gasteiger partial charge in [0.1, 0.15) is 6.10 Å². The third-order valence-corrected chi connectivity index (χ3v) is 9.75. The Balaban J connectivity index is 1.89. The minimum atomic E-state index is -1.21. The van der Waals surface area contributed by atoms with Crippen LogP contribution in [0, 0.1) is 28.1 Å². The number of ketones is 1. The van der Waals surface area contributed by atoms with E-state index in [1.807, 2.05) is 32.1 Å². The van der Waals surface area contributed by atoms with Crippen molar-refractivity contribution in [3.8, 4) is 0 Å². The zero-order chi connectivity index (χ0) is 27.3. The lowest BCUT2D eigenvalue weighted by molar-refractivity contribution is -0.194. The molecule has 3 rings (SSSR count). The van der Waals surface area contributed by atoms with Crippen molar-refractivity contribution in [2.24, 2.45) is 28.1 Å². The van der Waals surface area contributed by atoms with Crippen molar-refractivity contribution in [1.29, 1.82) is 0 Å². The number of carbonyl (C=O) groups is 2. The summed E-state index contributed by atoms with van der Waals surface area (Å²) < 4.78 is 0. The molecule has 1 unspecified atom stereocenters. The van der Waals surface area contributed by atoms with Crippen LogP contribution in [-0.2, 0) is 9.59 Å². The van der Waals surface area contributed by atoms with Gasteiger partial charge in [-0.05, 0) is 83.1 Å². The van der Waals surface area contributed by atoms with Crippen LogP contribution in [-0.4, -0.2) is 50.0 Å². The molecule has 0 radical (unpaired) electrons. The average molecular weight is 501 g/mol. The van der Waals surface area contributed by atoms with Crippen LogP contribution < -0.4 is 0 Å². The van der Waals surface area contributed by atoms with Gasteiger partial charge in [0.05, 0.1) is 17.1 Å². The number of carbonyl (C=O) groups excluding carboxylic acids is 1. The van der Waals surface area contributed by atoms with Crippen LogP contribution in [0.15, 0.2) is 47.1 Å². The van der Waals surface area contributed by atoms with E-state index in [4.69, 9.17) is 0 Å². The zero-order valence-electron chi connectivity index (χ0n) is 22.8. The lowest BCUT2D eigenvalue weighted by Gasteiger charge is -2.61. The van der Waals surface area contributed by atoms with E-state index < -0.39 is 29.2 Å². The van der Waals surface area contributed by atoms with Gasteiger partial charge < -0.3 is 20.4 Å². The topological polar surface area (TPSA) is 115 Å². The van der Waals surface area contributed by atoms with Crippen molar-refractivity contribution in [2.45, 2.75) is 98.4 Å². The van der Waals surface area contributed by atoms with Crippen molar-refractivity contribution < 1.29 is 30.0 Å². The summed E-state index contributed by atoms with van der Waals surface area (Å²) in [6, 6.07) is 0. The molecule has 0 saturated heterocycles. The molecule has 0 bridgehead atoms. The van der Waals surface area contributed by atoms with Gasteiger partial charge in [-0.15, -0.1) is 0 Å². The molecule has 200 valence electrons. The van der Waals surface area contributed by atoms with E-state index in [9.17, 15) is 30.0 Å². The third-order valence-electron chi connectivity index (χ3n) is 9.75. The Bertz CT molecular complexity index is 1030. The molecule has 0 spiro atoms. The van der Waals surface area contributed by atoms with Gasteiger partial charge >= 0.3 is 5.97 Å². The van der Waals surface area contributed by atoms with E-state index in [-0.39, 0.29) is 28.4 Å². The first kappa shape index (κ1) is 28.5. The quantitative estimate of drug-likeness (QED) is 0.309. The maximum Gasteiger partial charge on any atom is 0.312 e. The molecule has 6 heteroatoms. The summed E-state index contributed by atoms with van der Waals surface area (Å²) >= 11 is 0. The summed E-state index contributed by atoms with van der Waals surface area (Å²) in [5.74, 6) is -0.933. The Hall–Kier alpha value is -2.02. The second kappa shape index (κ2) is 9.70. The zero-order valence-corrected chi connectivity index (χ0v) is 22.8. The van der Waals surface area contributed by atoms with Crippen molar-refractivity contribution in [2.75, 3.05) is 0 Å². The van der Waals surface area contributed by atoms with Gasteiger partial charge in [-0.1, -0.05) is 49.8 Å². The Morgan fingerprint density at radius 1 is 1.08 bits per heavy atom. The fourth-order valence-electron chi connectivity index (χ4n) is 7.52. The van der Waals surface area contributed by atoms with Crippen LogP contribution in [0.2, 0.25) is 0 Å². The number of aliphatic hydroxyl groups is 3. The number of hydrogen-bond acceptors (Lipinski definition) is 5. The van der Waals surface area contributed by atoms with Gasteiger partial charge in [-0.2, -0.15) is 0 Å². The normalized spacial score (nSPS) is 39.9. The maximum absolute atomic E-state index is 13.4. The van der Waals surface area contributed by atoms with Gasteiger partial charge in [0, 0.05) is 17.4 Å². The fraction of sp³-hybridized carbons (Fsp3) is 0.667. The summed E-state index contributed by atoms with van der Waals surface area (Å²) in [6.07, 6.45) is 10.2. The fourth-order valence-corrected chi connectivity index (χ4v) is 7.52. The standard InChI is InChI=1S/C30H44O6/c1-18(11-12-23(32)27(3,4)36)9-8-10-19(2)25-20(31)17-22-28(5)16-14-24(33)30(7,26(34)35)21(28)13-15-29(22,25)6/h8-12,21-24,32-33,36H,13-17H2,1-7H3,(H,34,35)/b10-8+,12-11+,18-9+,25-19-/t21-,22+,23?,24-,28+,29+,30-/m1/s1. The van der Waals surface area contributed by atoms with E-state index in [1.54, 1.807) is 32.9 Å². The van der Waals surface area contributed by atoms with Gasteiger partial charge in [0.15, 0.2) is 5.78 Å². The smallest absolute Gasteiger partial charge is 0.312 e. The number of Topliss-reactive ketones (excluding diaryl/α,β-unsaturated/α-hetero) is 1. The highest BCUT2D eigenvalue weighted by Crippen LogP contribution is 2.69. The van der Waals surface area contributed by atoms with Crippen molar-refractivity contribution in [1.82, 2.24) is 0 Å². The van der Waals surface area contributed by atoms with Crippen LogP contribution >= 0.6 is 0 Å². The molecule has 0 heterocycles. The first-order valence-corrected chi connectivity index (χ1v) is 13.1. The third kappa shape index (κ3) is 4.68. The van der Waals surface area contributed by atoms with Gasteiger partial charge in [0.2, 0.25) is 0 Å². The highest BCUT2D eigenvalue weighted by Gasteiger charge is 2.67. The van der Waals surface area contributed by atoms with Crippen LogP contribution in [0.5, 0.6) is 0 Å². The molecule has 7 atom stereocenters. The van der Waals surface area contributed by atoms with Crippen LogP contribution in [0.4, 0.5) is 0 Å². The number of rotatable bonds is 6. The molecule has 3 aliphatic rings. The lowest BCUT2D eigenvalue weighted by Crippen LogP contribution is -2.61. The number of allylic oxidation sites excluding steroid dienone is 7. The summed E-state index contributed by atoms with van der Waals surface area (Å²) in [7, 11) is 0. The number of aliphatic hydroxyl groups excluding tert-OH is 2. The van der Waals surface area contributed by atoms with E-state index in [0.29, 0.717) is 19.3 Å². The van der Waals surface area contributed by atoms with Crippen LogP contribution in [0.25, 0.3) is 0 Å². The van der Waals surface area contributed by atoms with Crippen molar-refractivity contribution >= 4 is 11.8 Å². The number of carboxylic acid groups (broad SMARTS) is 1. The monoisotopic (exact) mass is 500 g/mol. The SMILES string of the molecule is CC(/C=C/C(O)C(C)(C)O)=C\C=C\C(C)=C1\C(=O)C[C@H]2[C@@]3(C)CC[C@@H](O)[C@](C)(C(=O)O)[C@@H]3CC[C@]12C. The first-order valence-electron chi connectivity index (χ1n) is 13.1. The summed E-state index contributed by atoms with van der Waals surface area (Å²) in [5, 5.41) is 40.6. The lowest BCUT2D eigenvalue weighted by atomic mass is 9.43. The number of aliphatic carboxylic acids is 1. The maximum atomic E-state index is 13.4. The minimum Gasteiger partial charge on any atom is -0.481 e. The van der Waals surface area contributed by atoms with Crippen LogP contribution in [0.1, 0.15) is 80.6 Å². The predicted octanol–water partition coefficient (Wildman–Crippen LogP) is 4.75. The Morgan fingerprint density at radius 3 is 2.31 bits per heavy atom. The number of fused-ring (bicyclic) bond motifs is 3. The molecule has 0 aromatic carbocycles. The molecule has 36 heavy (non-hydrogen) atoms. The van der Waals surface area contributed by atoms with Crippen molar-refractivity contribution in [3.63, 3.8) is 0 Å². The highest BCUT2D eigenvalue weighted by molar-refractivity contribution is 6.01. The highest BCUT2D eigenvalue weighted by atomic mass is 16.4.